The summed E-state index contributed by atoms with van der Waals surface area (Å²) in [5, 5.41) is 7.54. The highest BCUT2D eigenvalue weighted by atomic mass is 32.1. The standard InChI is InChI=1S/C17H16FNS2/c1-12(16-4-2-8-20-16)19-11-13-6-7-15(18)14(10-13)17-5-3-9-21-17/h2-10,12,19H,11H2,1H3. The average Bonchev–Trinajstić information content (AvgIpc) is 3.19. The quantitative estimate of drug-likeness (QED) is 0.658. The zero-order valence-corrected chi connectivity index (χ0v) is 13.3. The van der Waals surface area contributed by atoms with E-state index in [1.54, 1.807) is 28.7 Å². The van der Waals surface area contributed by atoms with Crippen molar-refractivity contribution in [2.75, 3.05) is 0 Å². The fourth-order valence-electron chi connectivity index (χ4n) is 2.21. The summed E-state index contributed by atoms with van der Waals surface area (Å²) < 4.78 is 13.9. The van der Waals surface area contributed by atoms with E-state index < -0.39 is 0 Å². The third-order valence-corrected chi connectivity index (χ3v) is 5.36. The Balaban J connectivity index is 1.73. The molecule has 2 aromatic heterocycles. The lowest BCUT2D eigenvalue weighted by Gasteiger charge is -2.13. The van der Waals surface area contributed by atoms with Crippen LogP contribution in [0.15, 0.2) is 53.2 Å². The molecule has 3 aromatic rings. The second-order valence-electron chi connectivity index (χ2n) is 4.91. The van der Waals surface area contributed by atoms with Gasteiger partial charge in [0.25, 0.3) is 0 Å². The van der Waals surface area contributed by atoms with Gasteiger partial charge < -0.3 is 5.32 Å². The van der Waals surface area contributed by atoms with Crippen LogP contribution in [0, 0.1) is 5.82 Å². The van der Waals surface area contributed by atoms with Gasteiger partial charge in [0.2, 0.25) is 0 Å². The predicted molar refractivity (Wildman–Crippen MR) is 89.3 cm³/mol. The number of benzene rings is 1. The van der Waals surface area contributed by atoms with Crippen molar-refractivity contribution in [3.63, 3.8) is 0 Å². The van der Waals surface area contributed by atoms with Crippen LogP contribution in [0.2, 0.25) is 0 Å². The molecule has 0 aliphatic heterocycles. The van der Waals surface area contributed by atoms with Crippen molar-refractivity contribution in [3.8, 4) is 10.4 Å². The molecule has 0 aliphatic carbocycles. The van der Waals surface area contributed by atoms with Crippen LogP contribution in [0.1, 0.15) is 23.4 Å². The number of hydrogen-bond acceptors (Lipinski definition) is 3. The largest absolute Gasteiger partial charge is 0.305 e. The first-order chi connectivity index (χ1) is 10.2. The highest BCUT2D eigenvalue weighted by Crippen LogP contribution is 2.28. The molecular weight excluding hydrogens is 301 g/mol. The minimum Gasteiger partial charge on any atom is -0.305 e. The summed E-state index contributed by atoms with van der Waals surface area (Å²) in [6.45, 7) is 2.88. The van der Waals surface area contributed by atoms with E-state index in [0.29, 0.717) is 11.6 Å². The Labute approximate surface area is 132 Å². The molecule has 0 saturated carbocycles. The van der Waals surface area contributed by atoms with Gasteiger partial charge in [0.15, 0.2) is 0 Å². The van der Waals surface area contributed by atoms with Crippen molar-refractivity contribution >= 4 is 22.7 Å². The zero-order valence-electron chi connectivity index (χ0n) is 11.7. The van der Waals surface area contributed by atoms with E-state index in [4.69, 9.17) is 0 Å². The molecular formula is C17H16FNS2. The monoisotopic (exact) mass is 317 g/mol. The van der Waals surface area contributed by atoms with Crippen LogP contribution in [-0.4, -0.2) is 0 Å². The molecule has 1 unspecified atom stereocenters. The van der Waals surface area contributed by atoms with Crippen molar-refractivity contribution < 1.29 is 4.39 Å². The maximum Gasteiger partial charge on any atom is 0.131 e. The second kappa shape index (κ2) is 6.52. The lowest BCUT2D eigenvalue weighted by atomic mass is 10.1. The molecule has 4 heteroatoms. The number of halogens is 1. The highest BCUT2D eigenvalue weighted by molar-refractivity contribution is 7.13. The van der Waals surface area contributed by atoms with Crippen LogP contribution in [-0.2, 0) is 6.54 Å². The van der Waals surface area contributed by atoms with Crippen LogP contribution in [0.25, 0.3) is 10.4 Å². The van der Waals surface area contributed by atoms with E-state index in [0.717, 1.165) is 17.0 Å². The summed E-state index contributed by atoms with van der Waals surface area (Å²) in [4.78, 5) is 2.29. The molecule has 21 heavy (non-hydrogen) atoms. The van der Waals surface area contributed by atoms with E-state index in [-0.39, 0.29) is 5.82 Å². The molecule has 3 rings (SSSR count). The summed E-state index contributed by atoms with van der Waals surface area (Å²) in [7, 11) is 0. The lowest BCUT2D eigenvalue weighted by molar-refractivity contribution is 0.581. The van der Waals surface area contributed by atoms with Gasteiger partial charge in [-0.05, 0) is 47.5 Å². The Bertz CT molecular complexity index is 690. The molecule has 0 aliphatic rings. The van der Waals surface area contributed by atoms with Crippen LogP contribution >= 0.6 is 22.7 Å². The molecule has 0 saturated heterocycles. The zero-order chi connectivity index (χ0) is 14.7. The summed E-state index contributed by atoms with van der Waals surface area (Å²) in [5.74, 6) is -0.160. The number of hydrogen-bond donors (Lipinski definition) is 1. The van der Waals surface area contributed by atoms with Crippen LogP contribution in [0.3, 0.4) is 0 Å². The molecule has 0 radical (unpaired) electrons. The minimum absolute atomic E-state index is 0.160. The SMILES string of the molecule is CC(NCc1ccc(F)c(-c2cccs2)c1)c1cccs1. The van der Waals surface area contributed by atoms with Gasteiger partial charge in [0.05, 0.1) is 0 Å². The molecule has 1 nitrogen and oxygen atoms in total. The summed E-state index contributed by atoms with van der Waals surface area (Å²) in [6, 6.07) is 13.7. The normalized spacial score (nSPS) is 12.5. The summed E-state index contributed by atoms with van der Waals surface area (Å²) in [6.07, 6.45) is 0. The Morgan fingerprint density at radius 2 is 1.90 bits per heavy atom. The van der Waals surface area contributed by atoms with E-state index in [2.05, 4.69) is 29.8 Å². The van der Waals surface area contributed by atoms with E-state index >= 15 is 0 Å². The third-order valence-electron chi connectivity index (χ3n) is 3.40. The summed E-state index contributed by atoms with van der Waals surface area (Å²) >= 11 is 3.31. The molecule has 1 N–H and O–H groups in total. The molecule has 0 fully saturated rings. The molecule has 0 amide bonds. The topological polar surface area (TPSA) is 12.0 Å². The first-order valence-electron chi connectivity index (χ1n) is 6.83. The molecule has 2 heterocycles. The van der Waals surface area contributed by atoms with Crippen LogP contribution < -0.4 is 5.32 Å². The van der Waals surface area contributed by atoms with E-state index in [9.17, 15) is 4.39 Å². The van der Waals surface area contributed by atoms with Gasteiger partial charge >= 0.3 is 0 Å². The number of rotatable bonds is 5. The lowest BCUT2D eigenvalue weighted by Crippen LogP contribution is -2.17. The van der Waals surface area contributed by atoms with Crippen LogP contribution in [0.5, 0.6) is 0 Å². The maximum atomic E-state index is 13.9. The second-order valence-corrected chi connectivity index (χ2v) is 6.84. The molecule has 0 spiro atoms. The summed E-state index contributed by atoms with van der Waals surface area (Å²) in [5.41, 5.74) is 1.79. The average molecular weight is 317 g/mol. The fraction of sp³-hybridized carbons (Fsp3) is 0.176. The Hall–Kier alpha value is -1.49. The van der Waals surface area contributed by atoms with Gasteiger partial charge in [-0.25, -0.2) is 4.39 Å². The molecule has 1 aromatic carbocycles. The number of thiophene rings is 2. The number of nitrogens with one attached hydrogen (secondary N) is 1. The predicted octanol–water partition coefficient (Wildman–Crippen LogP) is 5.47. The van der Waals surface area contributed by atoms with Crippen molar-refractivity contribution in [2.45, 2.75) is 19.5 Å². The first-order valence-corrected chi connectivity index (χ1v) is 8.59. The van der Waals surface area contributed by atoms with Gasteiger partial charge in [-0.2, -0.15) is 0 Å². The van der Waals surface area contributed by atoms with Gasteiger partial charge in [0, 0.05) is 27.9 Å². The molecule has 0 bridgehead atoms. The Morgan fingerprint density at radius 3 is 2.62 bits per heavy atom. The van der Waals surface area contributed by atoms with Crippen LogP contribution in [0.4, 0.5) is 4.39 Å². The van der Waals surface area contributed by atoms with E-state index in [1.165, 1.54) is 4.88 Å². The fourth-order valence-corrected chi connectivity index (χ4v) is 3.72. The van der Waals surface area contributed by atoms with E-state index in [1.807, 2.05) is 29.6 Å². The van der Waals surface area contributed by atoms with Crippen molar-refractivity contribution in [1.29, 1.82) is 0 Å². The Kier molecular flexibility index (Phi) is 4.48. The maximum absolute atomic E-state index is 13.9. The first kappa shape index (κ1) is 14.4. The van der Waals surface area contributed by atoms with Crippen molar-refractivity contribution in [1.82, 2.24) is 5.32 Å². The smallest absolute Gasteiger partial charge is 0.131 e. The highest BCUT2D eigenvalue weighted by Gasteiger charge is 2.09. The molecule has 108 valence electrons. The Morgan fingerprint density at radius 1 is 1.10 bits per heavy atom. The van der Waals surface area contributed by atoms with Crippen molar-refractivity contribution in [2.24, 2.45) is 0 Å². The van der Waals surface area contributed by atoms with Gasteiger partial charge in [-0.15, -0.1) is 22.7 Å². The van der Waals surface area contributed by atoms with Crippen molar-refractivity contribution in [3.05, 3.63) is 69.5 Å². The minimum atomic E-state index is -0.160. The molecule has 1 atom stereocenters. The van der Waals surface area contributed by atoms with Gasteiger partial charge in [-0.3, -0.25) is 0 Å². The third kappa shape index (κ3) is 3.40. The van der Waals surface area contributed by atoms with Gasteiger partial charge in [-0.1, -0.05) is 18.2 Å². The van der Waals surface area contributed by atoms with Gasteiger partial charge in [0.1, 0.15) is 5.82 Å².